The van der Waals surface area contributed by atoms with Crippen molar-refractivity contribution in [2.24, 2.45) is 0 Å². The molecule has 0 aliphatic heterocycles. The first kappa shape index (κ1) is 18.4. The summed E-state index contributed by atoms with van der Waals surface area (Å²) in [5.74, 6) is -1.04. The highest BCUT2D eigenvalue weighted by Gasteiger charge is 2.29. The number of sulfonamides is 1. The summed E-state index contributed by atoms with van der Waals surface area (Å²) in [6.07, 6.45) is 1.40. The molecule has 0 aliphatic carbocycles. The largest absolute Gasteiger partial charge is 0.395 e. The van der Waals surface area contributed by atoms with Gasteiger partial charge in [0.1, 0.15) is 4.90 Å². The first-order valence-electron chi connectivity index (χ1n) is 5.80. The number of nitrogen functional groups attached to an aromatic ring is 1. The highest BCUT2D eigenvalue weighted by Crippen LogP contribution is 2.35. The predicted octanol–water partition coefficient (Wildman–Crippen LogP) is 2.65. The van der Waals surface area contributed by atoms with Crippen LogP contribution in [-0.2, 0) is 14.8 Å². The van der Waals surface area contributed by atoms with E-state index in [9.17, 15) is 12.8 Å². The number of anilines is 1. The lowest BCUT2D eigenvalue weighted by atomic mass is 10.3. The van der Waals surface area contributed by atoms with Crippen LogP contribution in [0.2, 0.25) is 5.02 Å². The molecule has 0 unspecified atom stereocenters. The summed E-state index contributed by atoms with van der Waals surface area (Å²) < 4.78 is 45.2. The molecule has 0 aliphatic rings. The molecule has 0 amide bonds. The van der Waals surface area contributed by atoms with Gasteiger partial charge >= 0.3 is 0 Å². The molecule has 0 radical (unpaired) electrons. The van der Waals surface area contributed by atoms with E-state index in [-0.39, 0.29) is 34.9 Å². The Kier molecular flexibility index (Phi) is 6.61. The van der Waals surface area contributed by atoms with Crippen LogP contribution in [0.15, 0.2) is 28.1 Å². The zero-order valence-electron chi connectivity index (χ0n) is 11.3. The normalized spacial score (nSPS) is 11.9. The van der Waals surface area contributed by atoms with E-state index in [1.165, 1.54) is 13.2 Å². The minimum Gasteiger partial charge on any atom is -0.395 e. The zero-order chi connectivity index (χ0) is 16.2. The molecular formula is C12H15BrClFN2O3S. The van der Waals surface area contributed by atoms with E-state index in [2.05, 4.69) is 22.5 Å². The number of rotatable bonds is 7. The molecule has 0 heterocycles. The second-order valence-electron chi connectivity index (χ2n) is 4.04. The van der Waals surface area contributed by atoms with Crippen molar-refractivity contribution in [2.75, 3.05) is 32.5 Å². The highest BCUT2D eigenvalue weighted by molar-refractivity contribution is 9.10. The number of hydrogen-bond acceptors (Lipinski definition) is 4. The Morgan fingerprint density at radius 2 is 2.24 bits per heavy atom. The van der Waals surface area contributed by atoms with Crippen molar-refractivity contribution in [3.8, 4) is 0 Å². The summed E-state index contributed by atoms with van der Waals surface area (Å²) in [6, 6.07) is 1.02. The number of halogens is 3. The van der Waals surface area contributed by atoms with Gasteiger partial charge in [0.25, 0.3) is 0 Å². The Balaban J connectivity index is 3.37. The zero-order valence-corrected chi connectivity index (χ0v) is 14.4. The summed E-state index contributed by atoms with van der Waals surface area (Å²) in [4.78, 5) is -0.578. The van der Waals surface area contributed by atoms with Crippen LogP contribution in [0.1, 0.15) is 0 Å². The molecule has 0 spiro atoms. The van der Waals surface area contributed by atoms with E-state index in [4.69, 9.17) is 22.1 Å². The van der Waals surface area contributed by atoms with Crippen LogP contribution in [-0.4, -0.2) is 39.5 Å². The molecule has 2 N–H and O–H groups in total. The van der Waals surface area contributed by atoms with Gasteiger partial charge in [-0.1, -0.05) is 17.7 Å². The second-order valence-corrected chi connectivity index (χ2v) is 7.15. The van der Waals surface area contributed by atoms with Crippen LogP contribution < -0.4 is 5.73 Å². The van der Waals surface area contributed by atoms with E-state index in [1.54, 1.807) is 0 Å². The Hall–Kier alpha value is -0.670. The van der Waals surface area contributed by atoms with Crippen molar-refractivity contribution in [3.05, 3.63) is 34.0 Å². The fourth-order valence-electron chi connectivity index (χ4n) is 1.57. The van der Waals surface area contributed by atoms with Gasteiger partial charge < -0.3 is 10.5 Å². The molecule has 0 aromatic heterocycles. The Morgan fingerprint density at radius 1 is 1.62 bits per heavy atom. The number of nitrogens with two attached hydrogens (primary N) is 1. The molecule has 1 rings (SSSR count). The van der Waals surface area contributed by atoms with Gasteiger partial charge in [-0.3, -0.25) is 0 Å². The molecule has 0 fully saturated rings. The van der Waals surface area contributed by atoms with E-state index < -0.39 is 20.7 Å². The minimum absolute atomic E-state index is 0.0118. The van der Waals surface area contributed by atoms with Crippen molar-refractivity contribution >= 4 is 43.2 Å². The molecule has 0 saturated carbocycles. The highest BCUT2D eigenvalue weighted by atomic mass is 79.9. The fourth-order valence-corrected chi connectivity index (χ4v) is 3.64. The average molecular weight is 402 g/mol. The number of benzene rings is 1. The van der Waals surface area contributed by atoms with Crippen molar-refractivity contribution in [2.45, 2.75) is 4.90 Å². The van der Waals surface area contributed by atoms with Gasteiger partial charge in [-0.25, -0.2) is 12.8 Å². The third-order valence-electron chi connectivity index (χ3n) is 2.65. The third kappa shape index (κ3) is 3.95. The third-order valence-corrected chi connectivity index (χ3v) is 5.90. The molecule has 1 aromatic carbocycles. The molecule has 0 saturated heterocycles. The summed E-state index contributed by atoms with van der Waals surface area (Å²) in [7, 11) is -2.67. The van der Waals surface area contributed by atoms with Crippen LogP contribution in [0.4, 0.5) is 10.1 Å². The lowest BCUT2D eigenvalue weighted by Gasteiger charge is -2.21. The molecular weight excluding hydrogens is 387 g/mol. The van der Waals surface area contributed by atoms with Gasteiger partial charge in [0.05, 0.1) is 21.8 Å². The first-order valence-corrected chi connectivity index (χ1v) is 8.41. The lowest BCUT2D eigenvalue weighted by molar-refractivity contribution is 0.182. The minimum atomic E-state index is -4.11. The molecule has 5 nitrogen and oxygen atoms in total. The Morgan fingerprint density at radius 3 is 2.76 bits per heavy atom. The van der Waals surface area contributed by atoms with Crippen LogP contribution in [0, 0.1) is 5.82 Å². The second kappa shape index (κ2) is 7.55. The topological polar surface area (TPSA) is 72.6 Å². The molecule has 1 aromatic rings. The van der Waals surface area contributed by atoms with Crippen LogP contribution in [0.25, 0.3) is 0 Å². The maximum Gasteiger partial charge on any atom is 0.246 e. The maximum atomic E-state index is 14.2. The Labute approximate surface area is 136 Å². The van der Waals surface area contributed by atoms with Crippen molar-refractivity contribution in [1.82, 2.24) is 4.31 Å². The lowest BCUT2D eigenvalue weighted by Crippen LogP contribution is -2.34. The van der Waals surface area contributed by atoms with Gasteiger partial charge in [-0.15, -0.1) is 6.58 Å². The van der Waals surface area contributed by atoms with Gasteiger partial charge in [0.15, 0.2) is 5.82 Å². The predicted molar refractivity (Wildman–Crippen MR) is 84.4 cm³/mol. The molecule has 0 bridgehead atoms. The van der Waals surface area contributed by atoms with Crippen molar-refractivity contribution in [3.63, 3.8) is 0 Å². The monoisotopic (exact) mass is 400 g/mol. The van der Waals surface area contributed by atoms with Gasteiger partial charge in [-0.05, 0) is 22.0 Å². The number of ether oxygens (including phenoxy) is 1. The molecule has 21 heavy (non-hydrogen) atoms. The standard InChI is InChI=1S/C12H15BrClFN2O3S/c1-3-4-17(5-6-20-2)21(18,19)9-7-8(14)10(13)12(16)11(9)15/h3,7H,1,4-6,16H2,2H3. The summed E-state index contributed by atoms with van der Waals surface area (Å²) >= 11 is 8.86. The van der Waals surface area contributed by atoms with Gasteiger partial charge in [0.2, 0.25) is 10.0 Å². The summed E-state index contributed by atoms with van der Waals surface area (Å²) in [5, 5.41) is 0.0118. The van der Waals surface area contributed by atoms with Crippen molar-refractivity contribution in [1.29, 1.82) is 0 Å². The van der Waals surface area contributed by atoms with Crippen molar-refractivity contribution < 1.29 is 17.5 Å². The summed E-state index contributed by atoms with van der Waals surface area (Å²) in [5.41, 5.74) is 5.17. The van der Waals surface area contributed by atoms with E-state index in [1.807, 2.05) is 0 Å². The molecule has 9 heteroatoms. The first-order chi connectivity index (χ1) is 9.77. The number of methoxy groups -OCH3 is 1. The van der Waals surface area contributed by atoms with Gasteiger partial charge in [-0.2, -0.15) is 4.31 Å². The van der Waals surface area contributed by atoms with Crippen LogP contribution >= 0.6 is 27.5 Å². The van der Waals surface area contributed by atoms with E-state index in [0.717, 1.165) is 10.4 Å². The molecule has 0 atom stereocenters. The number of hydrogen-bond donors (Lipinski definition) is 1. The smallest absolute Gasteiger partial charge is 0.246 e. The van der Waals surface area contributed by atoms with Crippen LogP contribution in [0.3, 0.4) is 0 Å². The van der Waals surface area contributed by atoms with Crippen LogP contribution in [0.5, 0.6) is 0 Å². The Bertz CT molecular complexity index is 640. The van der Waals surface area contributed by atoms with E-state index in [0.29, 0.717) is 0 Å². The van der Waals surface area contributed by atoms with Gasteiger partial charge in [0, 0.05) is 20.2 Å². The SMILES string of the molecule is C=CCN(CCOC)S(=O)(=O)c1cc(Cl)c(Br)c(N)c1F. The fraction of sp³-hybridized carbons (Fsp3) is 0.333. The average Bonchev–Trinajstić information content (AvgIpc) is 2.44. The van der Waals surface area contributed by atoms with E-state index >= 15 is 0 Å². The number of nitrogens with zero attached hydrogens (tertiary/aromatic N) is 1. The molecule has 118 valence electrons. The quantitative estimate of drug-likeness (QED) is 0.433. The summed E-state index contributed by atoms with van der Waals surface area (Å²) in [6.45, 7) is 3.72. The maximum absolute atomic E-state index is 14.2.